The van der Waals surface area contributed by atoms with Crippen molar-refractivity contribution in [1.82, 2.24) is 0 Å². The number of alkyl halides is 5. The van der Waals surface area contributed by atoms with Crippen LogP contribution in [0.5, 0.6) is 0 Å². The van der Waals surface area contributed by atoms with Crippen molar-refractivity contribution in [3.05, 3.63) is 58.6 Å². The Bertz CT molecular complexity index is 1060. The van der Waals surface area contributed by atoms with Crippen molar-refractivity contribution in [2.45, 2.75) is 16.8 Å². The molecule has 0 aliphatic heterocycles. The van der Waals surface area contributed by atoms with E-state index in [1.165, 1.54) is 0 Å². The summed E-state index contributed by atoms with van der Waals surface area (Å²) in [6.45, 7) is -0.900. The first-order valence-corrected chi connectivity index (χ1v) is 9.70. The molecule has 0 aliphatic carbocycles. The van der Waals surface area contributed by atoms with Crippen LogP contribution in [0.1, 0.15) is 15.9 Å². The van der Waals surface area contributed by atoms with Crippen LogP contribution >= 0.6 is 11.6 Å². The maximum Gasteiger partial charge on any atom is 0.416 e. The number of halogens is 6. The molecule has 30 heavy (non-hydrogen) atoms. The summed E-state index contributed by atoms with van der Waals surface area (Å²) in [7, 11) is -4.84. The quantitative estimate of drug-likeness (QED) is 0.505. The monoisotopic (exact) mass is 471 g/mol. The number of benzene rings is 2. The van der Waals surface area contributed by atoms with Gasteiger partial charge in [-0.25, -0.2) is 13.2 Å². The predicted molar refractivity (Wildman–Crippen MR) is 95.0 cm³/mol. The molecule has 0 spiro atoms. The second kappa shape index (κ2) is 8.96. The lowest BCUT2D eigenvalue weighted by Crippen LogP contribution is -2.21. The summed E-state index contributed by atoms with van der Waals surface area (Å²) >= 11 is 5.73. The lowest BCUT2D eigenvalue weighted by Gasteiger charge is -2.12. The molecule has 0 aliphatic rings. The molecule has 1 N–H and O–H groups in total. The Morgan fingerprint density at radius 1 is 1.07 bits per heavy atom. The van der Waals surface area contributed by atoms with Crippen LogP contribution in [0.25, 0.3) is 0 Å². The lowest BCUT2D eigenvalue weighted by molar-refractivity contribution is -0.137. The minimum Gasteiger partial charge on any atom is -0.452 e. The molecular formula is C17H11ClF5NO5S. The SMILES string of the molecule is O=C(COC(=O)c1ccc(S(=O)(=O)C(F)F)cc1)Nc1cc(C(F)(F)F)ccc1Cl. The first-order valence-electron chi connectivity index (χ1n) is 7.78. The molecular weight excluding hydrogens is 461 g/mol. The summed E-state index contributed by atoms with van der Waals surface area (Å²) in [5, 5.41) is 1.88. The number of nitrogens with one attached hydrogen (secondary N) is 1. The average Bonchev–Trinajstić information content (AvgIpc) is 2.67. The highest BCUT2D eigenvalue weighted by atomic mass is 35.5. The molecule has 2 rings (SSSR count). The van der Waals surface area contributed by atoms with Crippen molar-refractivity contribution < 1.29 is 44.7 Å². The number of anilines is 1. The second-order valence-corrected chi connectivity index (χ2v) is 7.97. The van der Waals surface area contributed by atoms with Gasteiger partial charge in [-0.1, -0.05) is 11.6 Å². The van der Waals surface area contributed by atoms with Gasteiger partial charge in [0.2, 0.25) is 9.84 Å². The molecule has 0 saturated heterocycles. The fourth-order valence-electron chi connectivity index (χ4n) is 2.08. The number of sulfone groups is 1. The summed E-state index contributed by atoms with van der Waals surface area (Å²) in [5.41, 5.74) is -1.65. The predicted octanol–water partition coefficient (Wildman–Crippen LogP) is 4.15. The largest absolute Gasteiger partial charge is 0.452 e. The van der Waals surface area contributed by atoms with E-state index in [1.54, 1.807) is 0 Å². The summed E-state index contributed by atoms with van der Waals surface area (Å²) in [4.78, 5) is 23.0. The molecule has 0 fully saturated rings. The van der Waals surface area contributed by atoms with Gasteiger partial charge in [-0.15, -0.1) is 0 Å². The zero-order valence-corrected chi connectivity index (χ0v) is 16.1. The molecule has 6 nitrogen and oxygen atoms in total. The topological polar surface area (TPSA) is 89.5 Å². The Labute approximate surface area is 171 Å². The van der Waals surface area contributed by atoms with E-state index in [2.05, 4.69) is 10.1 Å². The number of esters is 1. The van der Waals surface area contributed by atoms with E-state index in [9.17, 15) is 40.0 Å². The Balaban J connectivity index is 2.01. The summed E-state index contributed by atoms with van der Waals surface area (Å²) in [5.74, 6) is -5.73. The fourth-order valence-corrected chi connectivity index (χ4v) is 2.97. The lowest BCUT2D eigenvalue weighted by atomic mass is 10.2. The summed E-state index contributed by atoms with van der Waals surface area (Å²) in [6, 6.07) is 5.58. The van der Waals surface area contributed by atoms with E-state index < -0.39 is 50.7 Å². The van der Waals surface area contributed by atoms with Crippen molar-refractivity contribution in [2.75, 3.05) is 11.9 Å². The Morgan fingerprint density at radius 2 is 1.67 bits per heavy atom. The number of ether oxygens (including phenoxy) is 1. The standard InChI is InChI=1S/C17H11ClF5NO5S/c18-12-6-3-10(17(21,22)23)7-13(12)24-14(25)8-29-15(26)9-1-4-11(5-2-9)30(27,28)16(19)20/h1-7,16H,8H2,(H,24,25). The van der Waals surface area contributed by atoms with Crippen molar-refractivity contribution in [1.29, 1.82) is 0 Å². The van der Waals surface area contributed by atoms with E-state index in [0.717, 1.165) is 36.4 Å². The third-order valence-corrected chi connectivity index (χ3v) is 5.28. The first kappa shape index (κ1) is 23.5. The molecule has 2 aromatic rings. The maximum absolute atomic E-state index is 12.7. The van der Waals surface area contributed by atoms with Crippen molar-refractivity contribution in [3.8, 4) is 0 Å². The Hall–Kier alpha value is -2.73. The smallest absolute Gasteiger partial charge is 0.416 e. The van der Waals surface area contributed by atoms with Crippen LogP contribution in [0.2, 0.25) is 5.02 Å². The molecule has 0 unspecified atom stereocenters. The molecule has 1 amide bonds. The summed E-state index contributed by atoms with van der Waals surface area (Å²) < 4.78 is 90.4. The van der Waals surface area contributed by atoms with Crippen molar-refractivity contribution in [2.24, 2.45) is 0 Å². The molecule has 162 valence electrons. The van der Waals surface area contributed by atoms with Crippen LogP contribution in [0.4, 0.5) is 27.6 Å². The highest BCUT2D eigenvalue weighted by molar-refractivity contribution is 7.91. The maximum atomic E-state index is 12.7. The van der Waals surface area contributed by atoms with Crippen LogP contribution in [-0.2, 0) is 25.5 Å². The molecule has 0 bridgehead atoms. The van der Waals surface area contributed by atoms with Gasteiger partial charge in [0.05, 0.1) is 26.7 Å². The van der Waals surface area contributed by atoms with Gasteiger partial charge in [-0.05, 0) is 42.5 Å². The van der Waals surface area contributed by atoms with Crippen molar-refractivity contribution in [3.63, 3.8) is 0 Å². The minimum absolute atomic E-state index is 0.182. The Kier molecular flexibility index (Phi) is 7.03. The van der Waals surface area contributed by atoms with E-state index in [-0.39, 0.29) is 16.3 Å². The number of hydrogen-bond donors (Lipinski definition) is 1. The third kappa shape index (κ3) is 5.66. The Morgan fingerprint density at radius 3 is 2.20 bits per heavy atom. The molecule has 0 saturated carbocycles. The number of carbonyl (C=O) groups is 2. The number of rotatable bonds is 6. The first-order chi connectivity index (χ1) is 13.8. The van der Waals surface area contributed by atoms with E-state index in [4.69, 9.17) is 11.6 Å². The van der Waals surface area contributed by atoms with Gasteiger partial charge >= 0.3 is 17.9 Å². The van der Waals surface area contributed by atoms with E-state index in [1.807, 2.05) is 0 Å². The van der Waals surface area contributed by atoms with Crippen LogP contribution in [0.15, 0.2) is 47.4 Å². The van der Waals surface area contributed by atoms with Gasteiger partial charge in [0.25, 0.3) is 5.91 Å². The van der Waals surface area contributed by atoms with Gasteiger partial charge in [-0.3, -0.25) is 4.79 Å². The molecule has 0 atom stereocenters. The molecule has 0 heterocycles. The molecule has 2 aromatic carbocycles. The number of hydrogen-bond acceptors (Lipinski definition) is 5. The third-order valence-electron chi connectivity index (χ3n) is 3.56. The van der Waals surface area contributed by atoms with Gasteiger partial charge in [-0.2, -0.15) is 22.0 Å². The number of carbonyl (C=O) groups excluding carboxylic acids is 2. The molecule has 13 heteroatoms. The van der Waals surface area contributed by atoms with Crippen LogP contribution in [0.3, 0.4) is 0 Å². The van der Waals surface area contributed by atoms with Gasteiger partial charge < -0.3 is 10.1 Å². The van der Waals surface area contributed by atoms with Crippen LogP contribution in [-0.4, -0.2) is 32.7 Å². The highest BCUT2D eigenvalue weighted by Crippen LogP contribution is 2.33. The van der Waals surface area contributed by atoms with E-state index >= 15 is 0 Å². The molecule has 0 radical (unpaired) electrons. The zero-order valence-electron chi connectivity index (χ0n) is 14.5. The minimum atomic E-state index is -4.84. The van der Waals surface area contributed by atoms with Crippen molar-refractivity contribution >= 4 is 39.0 Å². The van der Waals surface area contributed by atoms with Gasteiger partial charge in [0.15, 0.2) is 6.61 Å². The highest BCUT2D eigenvalue weighted by Gasteiger charge is 2.31. The van der Waals surface area contributed by atoms with Crippen LogP contribution in [0, 0.1) is 0 Å². The molecule has 0 aromatic heterocycles. The number of amides is 1. The normalized spacial score (nSPS) is 12.0. The second-order valence-electron chi connectivity index (χ2n) is 5.65. The average molecular weight is 472 g/mol. The van der Waals surface area contributed by atoms with Gasteiger partial charge in [0.1, 0.15) is 0 Å². The van der Waals surface area contributed by atoms with E-state index in [0.29, 0.717) is 6.07 Å². The fraction of sp³-hybridized carbons (Fsp3) is 0.176. The summed E-state index contributed by atoms with van der Waals surface area (Å²) in [6.07, 6.45) is -4.67. The van der Waals surface area contributed by atoms with Crippen LogP contribution < -0.4 is 5.32 Å². The van der Waals surface area contributed by atoms with Gasteiger partial charge in [0, 0.05) is 0 Å². The zero-order chi connectivity index (χ0) is 22.7.